The lowest BCUT2D eigenvalue weighted by Crippen LogP contribution is -2.59. The fourth-order valence-electron chi connectivity index (χ4n) is 7.13. The Labute approximate surface area is 310 Å². The number of halogens is 1. The second-order valence-corrected chi connectivity index (χ2v) is 15.7. The van der Waals surface area contributed by atoms with Crippen molar-refractivity contribution in [2.24, 2.45) is 24.1 Å². The number of anilines is 2. The van der Waals surface area contributed by atoms with Crippen molar-refractivity contribution < 1.29 is 19.1 Å². The lowest BCUT2D eigenvalue weighted by atomic mass is 9.50. The highest BCUT2D eigenvalue weighted by molar-refractivity contribution is 6.36. The predicted molar refractivity (Wildman–Crippen MR) is 199 cm³/mol. The van der Waals surface area contributed by atoms with E-state index in [1.807, 2.05) is 23.0 Å². The zero-order valence-electron chi connectivity index (χ0n) is 30.1. The van der Waals surface area contributed by atoms with Crippen LogP contribution in [-0.2, 0) is 26.9 Å². The number of nitriles is 1. The summed E-state index contributed by atoms with van der Waals surface area (Å²) >= 11 is 6.96. The van der Waals surface area contributed by atoms with Crippen molar-refractivity contribution in [3.05, 3.63) is 87.2 Å². The lowest BCUT2D eigenvalue weighted by molar-refractivity contribution is -0.152. The minimum atomic E-state index is -1.03. The highest BCUT2D eigenvalue weighted by Gasteiger charge is 2.59. The Kier molecular flexibility index (Phi) is 9.12. The van der Waals surface area contributed by atoms with Gasteiger partial charge in [-0.05, 0) is 72.7 Å². The standard InChI is InChI=1S/C38H40ClN9O5/c1-21(41)35(50)52-20-53-36(51)48(24-11-28-31(43-19-37(2,3)4)23(16-40)17-42-32(28)29(39)12-24)33(30-18-47(45-44-30)38-13-22(14-38)15-38)26-7-6-8-27-25(26)9-10-46(5)34(27)49/h6-12,17-18,21-22,33H,13-15,19-20,41H2,1-5H3,(H,42,43)/t21-,22?,33?,38?/m0/s1. The van der Waals surface area contributed by atoms with E-state index in [2.05, 4.69) is 47.5 Å². The lowest BCUT2D eigenvalue weighted by Gasteiger charge is -2.61. The van der Waals surface area contributed by atoms with Crippen LogP contribution >= 0.6 is 11.6 Å². The molecule has 3 fully saturated rings. The number of ether oxygens (including phenoxy) is 2. The van der Waals surface area contributed by atoms with Gasteiger partial charge in [0.2, 0.25) is 6.79 Å². The van der Waals surface area contributed by atoms with E-state index in [9.17, 15) is 19.6 Å². The summed E-state index contributed by atoms with van der Waals surface area (Å²) in [4.78, 5) is 46.0. The van der Waals surface area contributed by atoms with Gasteiger partial charge in [0, 0.05) is 36.8 Å². The van der Waals surface area contributed by atoms with Crippen molar-refractivity contribution in [1.82, 2.24) is 24.5 Å². The molecule has 3 saturated carbocycles. The Hall–Kier alpha value is -5.52. The van der Waals surface area contributed by atoms with Crippen LogP contribution in [0.25, 0.3) is 21.7 Å². The van der Waals surface area contributed by atoms with Gasteiger partial charge >= 0.3 is 12.1 Å². The molecule has 14 nitrogen and oxygen atoms in total. The van der Waals surface area contributed by atoms with E-state index in [4.69, 9.17) is 26.8 Å². The Morgan fingerprint density at radius 1 is 1.17 bits per heavy atom. The molecule has 3 N–H and O–H groups in total. The first-order chi connectivity index (χ1) is 25.2. The molecule has 3 aromatic heterocycles. The number of aromatic nitrogens is 5. The number of nitrogens with zero attached hydrogens (tertiary/aromatic N) is 7. The molecule has 1 unspecified atom stereocenters. The van der Waals surface area contributed by atoms with Gasteiger partial charge in [0.25, 0.3) is 5.56 Å². The van der Waals surface area contributed by atoms with Gasteiger partial charge in [0.15, 0.2) is 0 Å². The number of benzene rings is 2. The molecule has 2 aromatic carbocycles. The Balaban J connectivity index is 1.45. The maximum atomic E-state index is 14.6. The highest BCUT2D eigenvalue weighted by Crippen LogP contribution is 2.62. The summed E-state index contributed by atoms with van der Waals surface area (Å²) in [7, 11) is 1.67. The number of fused-ring (bicyclic) bond motifs is 2. The fraction of sp³-hybridized carbons (Fsp3) is 0.395. The second-order valence-electron chi connectivity index (χ2n) is 15.3. The molecule has 5 aromatic rings. The quantitative estimate of drug-likeness (QED) is 0.131. The first-order valence-electron chi connectivity index (χ1n) is 17.3. The number of hydrogen-bond donors (Lipinski definition) is 2. The zero-order valence-corrected chi connectivity index (χ0v) is 30.8. The average Bonchev–Trinajstić information content (AvgIpc) is 3.54. The number of esters is 1. The molecule has 3 heterocycles. The third kappa shape index (κ3) is 6.55. The first-order valence-corrected chi connectivity index (χ1v) is 17.7. The summed E-state index contributed by atoms with van der Waals surface area (Å²) in [6.07, 6.45) is 7.04. The number of nitrogens with one attached hydrogen (secondary N) is 1. The van der Waals surface area contributed by atoms with E-state index < -0.39 is 30.9 Å². The maximum absolute atomic E-state index is 14.6. The van der Waals surface area contributed by atoms with Gasteiger partial charge in [0.05, 0.1) is 39.2 Å². The molecular weight excluding hydrogens is 698 g/mol. The van der Waals surface area contributed by atoms with Crippen molar-refractivity contribution in [3.63, 3.8) is 0 Å². The van der Waals surface area contributed by atoms with E-state index >= 15 is 0 Å². The number of aryl methyl sites for hydroxylation is 1. The number of carbonyl (C=O) groups is 2. The number of rotatable bonds is 10. The molecule has 2 bridgehead atoms. The van der Waals surface area contributed by atoms with Crippen LogP contribution in [0, 0.1) is 22.7 Å². The monoisotopic (exact) mass is 737 g/mol. The number of carbonyl (C=O) groups excluding carboxylic acids is 2. The summed E-state index contributed by atoms with van der Waals surface area (Å²) in [5.41, 5.74) is 7.58. The Morgan fingerprint density at radius 2 is 1.92 bits per heavy atom. The van der Waals surface area contributed by atoms with Crippen molar-refractivity contribution in [2.45, 2.75) is 64.6 Å². The van der Waals surface area contributed by atoms with Crippen LogP contribution in [0.1, 0.15) is 69.8 Å². The molecule has 8 rings (SSSR count). The summed E-state index contributed by atoms with van der Waals surface area (Å²) in [6, 6.07) is 10.6. The molecule has 3 aliphatic carbocycles. The number of pyridine rings is 2. The second kappa shape index (κ2) is 13.5. The fourth-order valence-corrected chi connectivity index (χ4v) is 7.39. The molecule has 0 saturated heterocycles. The number of nitrogens with two attached hydrogens (primary N) is 1. The summed E-state index contributed by atoms with van der Waals surface area (Å²) in [6.45, 7) is 7.43. The van der Waals surface area contributed by atoms with Crippen LogP contribution in [-0.4, -0.2) is 56.0 Å². The third-order valence-electron chi connectivity index (χ3n) is 10.0. The molecule has 3 aliphatic rings. The van der Waals surface area contributed by atoms with Gasteiger partial charge in [-0.1, -0.05) is 49.7 Å². The van der Waals surface area contributed by atoms with Crippen LogP contribution < -0.4 is 21.5 Å². The number of hydrogen-bond acceptors (Lipinski definition) is 11. The SMILES string of the molecule is C[C@H](N)C(=O)OCOC(=O)N(c1cc(Cl)c2ncc(C#N)c(NCC(C)(C)C)c2c1)C(c1cn(C23CC(C2)C3)nn1)c1cccc2c(=O)n(C)ccc12. The van der Waals surface area contributed by atoms with Gasteiger partial charge in [0.1, 0.15) is 23.8 Å². The maximum Gasteiger partial charge on any atom is 0.418 e. The van der Waals surface area contributed by atoms with E-state index in [-0.39, 0.29) is 32.8 Å². The van der Waals surface area contributed by atoms with Crippen LogP contribution in [0.5, 0.6) is 0 Å². The first kappa shape index (κ1) is 35.9. The van der Waals surface area contributed by atoms with Gasteiger partial charge in [-0.2, -0.15) is 5.26 Å². The van der Waals surface area contributed by atoms with Crippen LogP contribution in [0.3, 0.4) is 0 Å². The molecule has 0 radical (unpaired) electrons. The van der Waals surface area contributed by atoms with Gasteiger partial charge in [-0.3, -0.25) is 19.5 Å². The minimum Gasteiger partial charge on any atom is -0.427 e. The average molecular weight is 738 g/mol. The molecule has 15 heteroatoms. The van der Waals surface area contributed by atoms with E-state index in [0.29, 0.717) is 51.1 Å². The minimum absolute atomic E-state index is 0.118. The van der Waals surface area contributed by atoms with Gasteiger partial charge in [-0.25, -0.2) is 9.48 Å². The van der Waals surface area contributed by atoms with Crippen molar-refractivity contribution >= 4 is 56.7 Å². The van der Waals surface area contributed by atoms with Crippen LogP contribution in [0.4, 0.5) is 16.2 Å². The third-order valence-corrected chi connectivity index (χ3v) is 10.3. The molecule has 2 atom stereocenters. The number of amides is 1. The van der Waals surface area contributed by atoms with Gasteiger partial charge < -0.3 is 25.1 Å². The summed E-state index contributed by atoms with van der Waals surface area (Å²) in [5, 5.41) is 24.4. The largest absolute Gasteiger partial charge is 0.427 e. The van der Waals surface area contributed by atoms with E-state index in [1.54, 1.807) is 37.5 Å². The molecule has 1 amide bonds. The summed E-state index contributed by atoms with van der Waals surface area (Å²) < 4.78 is 14.1. The van der Waals surface area contributed by atoms with Crippen molar-refractivity contribution in [1.29, 1.82) is 5.26 Å². The van der Waals surface area contributed by atoms with E-state index in [1.165, 1.54) is 22.6 Å². The van der Waals surface area contributed by atoms with Gasteiger partial charge in [-0.15, -0.1) is 5.10 Å². The smallest absolute Gasteiger partial charge is 0.418 e. The molecule has 53 heavy (non-hydrogen) atoms. The Bertz CT molecular complexity index is 2360. The zero-order chi connectivity index (χ0) is 37.8. The molecule has 0 aliphatic heterocycles. The topological polar surface area (TPSA) is 183 Å². The van der Waals surface area contributed by atoms with Crippen molar-refractivity contribution in [2.75, 3.05) is 23.6 Å². The highest BCUT2D eigenvalue weighted by atomic mass is 35.5. The van der Waals surface area contributed by atoms with Crippen LogP contribution in [0.2, 0.25) is 5.02 Å². The molecular formula is C38H40ClN9O5. The van der Waals surface area contributed by atoms with Crippen molar-refractivity contribution in [3.8, 4) is 6.07 Å². The van der Waals surface area contributed by atoms with Crippen LogP contribution in [0.15, 0.2) is 59.8 Å². The summed E-state index contributed by atoms with van der Waals surface area (Å²) in [5.74, 6) is -0.0865. The predicted octanol–water partition coefficient (Wildman–Crippen LogP) is 5.75. The normalized spacial score (nSPS) is 18.7. The molecule has 0 spiro atoms. The molecule has 274 valence electrons. The van der Waals surface area contributed by atoms with E-state index in [0.717, 1.165) is 19.3 Å². The Morgan fingerprint density at radius 3 is 2.58 bits per heavy atom.